The maximum absolute atomic E-state index is 12.9. The predicted molar refractivity (Wildman–Crippen MR) is 137 cm³/mol. The maximum atomic E-state index is 12.9. The van der Waals surface area contributed by atoms with Crippen LogP contribution in [0.3, 0.4) is 0 Å². The number of amides is 1. The molecule has 0 aliphatic carbocycles. The van der Waals surface area contributed by atoms with Gasteiger partial charge in [0.2, 0.25) is 0 Å². The SMILES string of the molecule is Cc1cc(C=C2C(=N)N3C(c4ccccc4)=CSC3=NC2=O)c(C)n1-c1cc(Cl)ccc1Cl. The standard InChI is InChI=1S/C25H18Cl2N4OS/c1-14-10-17(15(2)30(14)21-12-18(26)8-9-20(21)27)11-19-23(28)31-22(16-6-4-3-5-7-16)13-33-25(31)29-24(19)32/h3-13,28H,1-2H3. The first-order valence-corrected chi connectivity index (χ1v) is 11.8. The fraction of sp³-hybridized carbons (Fsp3) is 0.0800. The molecule has 5 nitrogen and oxygen atoms in total. The highest BCUT2D eigenvalue weighted by atomic mass is 35.5. The van der Waals surface area contributed by atoms with Gasteiger partial charge in [0.1, 0.15) is 5.84 Å². The molecule has 2 aliphatic heterocycles. The lowest BCUT2D eigenvalue weighted by Gasteiger charge is -2.26. The summed E-state index contributed by atoms with van der Waals surface area (Å²) in [6, 6.07) is 17.1. The highest BCUT2D eigenvalue weighted by Gasteiger charge is 2.36. The molecule has 1 N–H and O–H groups in total. The lowest BCUT2D eigenvalue weighted by molar-refractivity contribution is -0.114. The average Bonchev–Trinajstić information content (AvgIpc) is 3.34. The Bertz CT molecular complexity index is 1420. The van der Waals surface area contributed by atoms with Crippen molar-refractivity contribution in [2.75, 3.05) is 0 Å². The number of nitrogens with one attached hydrogen (secondary N) is 1. The van der Waals surface area contributed by atoms with Gasteiger partial charge in [0, 0.05) is 21.8 Å². The number of hydrogen-bond acceptors (Lipinski definition) is 3. The molecule has 0 saturated carbocycles. The van der Waals surface area contributed by atoms with Crippen molar-refractivity contribution in [1.82, 2.24) is 9.47 Å². The molecular formula is C25H18Cl2N4OS. The van der Waals surface area contributed by atoms with Crippen LogP contribution in [0.15, 0.2) is 70.6 Å². The van der Waals surface area contributed by atoms with Crippen molar-refractivity contribution in [1.29, 1.82) is 5.41 Å². The summed E-state index contributed by atoms with van der Waals surface area (Å²) in [4.78, 5) is 18.8. The molecule has 0 unspecified atom stereocenters. The molecule has 1 aromatic heterocycles. The number of carbonyl (C=O) groups excluding carboxylic acids is 1. The largest absolute Gasteiger partial charge is 0.316 e. The van der Waals surface area contributed by atoms with E-state index >= 15 is 0 Å². The number of benzene rings is 2. The summed E-state index contributed by atoms with van der Waals surface area (Å²) in [5, 5.41) is 12.4. The first kappa shape index (κ1) is 21.8. The Kier molecular flexibility index (Phi) is 5.52. The molecule has 164 valence electrons. The molecular weight excluding hydrogens is 475 g/mol. The number of hydrogen-bond donors (Lipinski definition) is 1. The molecule has 0 spiro atoms. The Balaban J connectivity index is 1.57. The molecule has 3 aromatic rings. The fourth-order valence-corrected chi connectivity index (χ4v) is 5.29. The zero-order chi connectivity index (χ0) is 23.3. The maximum Gasteiger partial charge on any atom is 0.283 e. The van der Waals surface area contributed by atoms with Gasteiger partial charge in [-0.1, -0.05) is 65.3 Å². The zero-order valence-corrected chi connectivity index (χ0v) is 20.1. The van der Waals surface area contributed by atoms with Crippen LogP contribution < -0.4 is 0 Å². The molecule has 0 radical (unpaired) electrons. The number of halogens is 2. The van der Waals surface area contributed by atoms with Gasteiger partial charge in [-0.25, -0.2) is 0 Å². The first-order valence-electron chi connectivity index (χ1n) is 10.2. The smallest absolute Gasteiger partial charge is 0.283 e. The molecule has 0 bridgehead atoms. The number of carbonyl (C=O) groups is 1. The second kappa shape index (κ2) is 8.37. The van der Waals surface area contributed by atoms with E-state index in [0.717, 1.165) is 33.9 Å². The summed E-state index contributed by atoms with van der Waals surface area (Å²) >= 11 is 14.0. The van der Waals surface area contributed by atoms with E-state index in [0.29, 0.717) is 15.2 Å². The van der Waals surface area contributed by atoms with Gasteiger partial charge in [0.15, 0.2) is 5.17 Å². The molecule has 3 heterocycles. The van der Waals surface area contributed by atoms with Crippen molar-refractivity contribution >= 4 is 63.6 Å². The zero-order valence-electron chi connectivity index (χ0n) is 17.8. The summed E-state index contributed by atoms with van der Waals surface area (Å²) in [6.07, 6.45) is 1.73. The molecule has 5 rings (SSSR count). The third-order valence-corrected chi connectivity index (χ3v) is 6.98. The summed E-state index contributed by atoms with van der Waals surface area (Å²) < 4.78 is 1.99. The lowest BCUT2D eigenvalue weighted by atomic mass is 10.1. The Hall–Kier alpha value is -3.06. The van der Waals surface area contributed by atoms with Crippen LogP contribution in [0.25, 0.3) is 17.5 Å². The van der Waals surface area contributed by atoms with Crippen LogP contribution in [-0.4, -0.2) is 26.4 Å². The molecule has 2 aromatic carbocycles. The Labute approximate surface area is 205 Å². The normalized spacial score (nSPS) is 16.8. The van der Waals surface area contributed by atoms with E-state index in [9.17, 15) is 4.79 Å². The summed E-state index contributed by atoms with van der Waals surface area (Å²) in [5.41, 5.74) is 5.42. The van der Waals surface area contributed by atoms with Crippen LogP contribution >= 0.6 is 35.0 Å². The Morgan fingerprint density at radius 2 is 1.82 bits per heavy atom. The number of rotatable bonds is 3. The van der Waals surface area contributed by atoms with E-state index in [-0.39, 0.29) is 11.4 Å². The second-order valence-corrected chi connectivity index (χ2v) is 9.37. The van der Waals surface area contributed by atoms with Gasteiger partial charge in [0.05, 0.1) is 22.0 Å². The van der Waals surface area contributed by atoms with Crippen LogP contribution in [0.1, 0.15) is 22.5 Å². The van der Waals surface area contributed by atoms with Gasteiger partial charge in [0.25, 0.3) is 5.91 Å². The number of aryl methyl sites for hydroxylation is 1. The van der Waals surface area contributed by atoms with Crippen molar-refractivity contribution in [3.63, 3.8) is 0 Å². The van der Waals surface area contributed by atoms with Gasteiger partial charge >= 0.3 is 0 Å². The average molecular weight is 493 g/mol. The monoisotopic (exact) mass is 492 g/mol. The van der Waals surface area contributed by atoms with E-state index in [4.69, 9.17) is 28.6 Å². The van der Waals surface area contributed by atoms with Gasteiger partial charge in [-0.2, -0.15) is 4.99 Å². The van der Waals surface area contributed by atoms with E-state index < -0.39 is 5.91 Å². The minimum absolute atomic E-state index is 0.107. The van der Waals surface area contributed by atoms with E-state index in [2.05, 4.69) is 4.99 Å². The minimum Gasteiger partial charge on any atom is -0.316 e. The topological polar surface area (TPSA) is 61.5 Å². The van der Waals surface area contributed by atoms with E-state index in [1.165, 1.54) is 11.8 Å². The third kappa shape index (κ3) is 3.74. The van der Waals surface area contributed by atoms with Crippen molar-refractivity contribution in [3.8, 4) is 5.69 Å². The van der Waals surface area contributed by atoms with Crippen molar-refractivity contribution in [3.05, 3.63) is 98.1 Å². The fourth-order valence-electron chi connectivity index (χ4n) is 4.03. The molecule has 0 atom stereocenters. The van der Waals surface area contributed by atoms with E-state index in [1.807, 2.05) is 66.3 Å². The number of nitrogens with zero attached hydrogens (tertiary/aromatic N) is 3. The van der Waals surface area contributed by atoms with E-state index in [1.54, 1.807) is 23.1 Å². The number of aromatic nitrogens is 1. The van der Waals surface area contributed by atoms with Crippen LogP contribution in [0.5, 0.6) is 0 Å². The molecule has 1 amide bonds. The summed E-state index contributed by atoms with van der Waals surface area (Å²) in [6.45, 7) is 3.91. The third-order valence-electron chi connectivity index (χ3n) is 5.60. The number of thioether (sulfide) groups is 1. The van der Waals surface area contributed by atoms with Crippen molar-refractivity contribution < 1.29 is 4.79 Å². The van der Waals surface area contributed by atoms with Crippen LogP contribution in [-0.2, 0) is 4.79 Å². The lowest BCUT2D eigenvalue weighted by Crippen LogP contribution is -2.38. The highest BCUT2D eigenvalue weighted by Crippen LogP contribution is 2.38. The Morgan fingerprint density at radius 1 is 1.06 bits per heavy atom. The van der Waals surface area contributed by atoms with Crippen LogP contribution in [0.4, 0.5) is 0 Å². The summed E-state index contributed by atoms with van der Waals surface area (Å²) in [7, 11) is 0. The summed E-state index contributed by atoms with van der Waals surface area (Å²) in [5.74, 6) is -0.317. The van der Waals surface area contributed by atoms with Gasteiger partial charge < -0.3 is 4.57 Å². The number of amidine groups is 2. The second-order valence-electron chi connectivity index (χ2n) is 7.69. The molecule has 8 heteroatoms. The van der Waals surface area contributed by atoms with Crippen LogP contribution in [0.2, 0.25) is 10.0 Å². The highest BCUT2D eigenvalue weighted by molar-refractivity contribution is 8.17. The molecule has 0 fully saturated rings. The number of aliphatic imine (C=N–C) groups is 1. The van der Waals surface area contributed by atoms with Crippen molar-refractivity contribution in [2.45, 2.75) is 13.8 Å². The van der Waals surface area contributed by atoms with Gasteiger partial charge in [-0.05, 0) is 55.3 Å². The quantitative estimate of drug-likeness (QED) is 0.413. The van der Waals surface area contributed by atoms with Gasteiger partial charge in [-0.3, -0.25) is 15.1 Å². The van der Waals surface area contributed by atoms with Crippen LogP contribution in [0, 0.1) is 19.3 Å². The first-order chi connectivity index (χ1) is 15.8. The van der Waals surface area contributed by atoms with Crippen molar-refractivity contribution in [2.24, 2.45) is 4.99 Å². The molecule has 2 aliphatic rings. The van der Waals surface area contributed by atoms with Gasteiger partial charge in [-0.15, -0.1) is 0 Å². The minimum atomic E-state index is -0.424. The molecule has 0 saturated heterocycles. The number of fused-ring (bicyclic) bond motifs is 1. The molecule has 33 heavy (non-hydrogen) atoms. The Morgan fingerprint density at radius 3 is 2.58 bits per heavy atom. The predicted octanol–water partition coefficient (Wildman–Crippen LogP) is 6.71.